The van der Waals surface area contributed by atoms with Gasteiger partial charge in [0.25, 0.3) is 0 Å². The number of hydrogen-bond acceptors (Lipinski definition) is 3. The summed E-state index contributed by atoms with van der Waals surface area (Å²) in [5, 5.41) is 0. The molecular formula is C13H18F3NO2. The maximum atomic E-state index is 11.8. The van der Waals surface area contributed by atoms with Gasteiger partial charge >= 0.3 is 6.18 Å². The minimum Gasteiger partial charge on any atom is -0.491 e. The molecule has 1 aromatic carbocycles. The van der Waals surface area contributed by atoms with E-state index in [9.17, 15) is 13.2 Å². The first-order valence-electron chi connectivity index (χ1n) is 6.05. The van der Waals surface area contributed by atoms with Crippen LogP contribution in [0.1, 0.15) is 24.9 Å². The molecule has 1 unspecified atom stereocenters. The molecule has 108 valence electrons. The fraction of sp³-hybridized carbons (Fsp3) is 0.538. The smallest absolute Gasteiger partial charge is 0.411 e. The standard InChI is InChI=1S/C13H18F3NO2/c1-2-12(17)10-3-5-11(6-4-10)19-8-7-18-9-13(14,15)16/h3-6,12H,2,7-9,17H2,1H3. The number of hydrogen-bond donors (Lipinski definition) is 1. The molecule has 2 N–H and O–H groups in total. The van der Waals surface area contributed by atoms with E-state index in [4.69, 9.17) is 10.5 Å². The van der Waals surface area contributed by atoms with Gasteiger partial charge in [0.05, 0.1) is 6.61 Å². The van der Waals surface area contributed by atoms with Crippen LogP contribution in [-0.2, 0) is 4.74 Å². The van der Waals surface area contributed by atoms with Gasteiger partial charge in [-0.25, -0.2) is 0 Å². The molecule has 1 atom stereocenters. The summed E-state index contributed by atoms with van der Waals surface area (Å²) in [6.07, 6.45) is -3.45. The highest BCUT2D eigenvalue weighted by molar-refractivity contribution is 5.28. The van der Waals surface area contributed by atoms with E-state index in [2.05, 4.69) is 4.74 Å². The normalized spacial score (nSPS) is 13.3. The van der Waals surface area contributed by atoms with Crippen molar-refractivity contribution >= 4 is 0 Å². The molecule has 0 amide bonds. The second kappa shape index (κ2) is 7.35. The van der Waals surface area contributed by atoms with Gasteiger partial charge in [0, 0.05) is 6.04 Å². The molecule has 1 rings (SSSR count). The number of nitrogens with two attached hydrogens (primary N) is 1. The summed E-state index contributed by atoms with van der Waals surface area (Å²) in [5.41, 5.74) is 6.86. The Kier molecular flexibility index (Phi) is 6.11. The zero-order valence-corrected chi connectivity index (χ0v) is 10.7. The Morgan fingerprint density at radius 1 is 1.16 bits per heavy atom. The molecule has 0 spiro atoms. The van der Waals surface area contributed by atoms with Gasteiger partial charge < -0.3 is 15.2 Å². The van der Waals surface area contributed by atoms with E-state index in [-0.39, 0.29) is 19.3 Å². The molecule has 0 heterocycles. The zero-order valence-electron chi connectivity index (χ0n) is 10.7. The van der Waals surface area contributed by atoms with Crippen LogP contribution < -0.4 is 10.5 Å². The Labute approximate surface area is 110 Å². The van der Waals surface area contributed by atoms with Crippen molar-refractivity contribution < 1.29 is 22.6 Å². The van der Waals surface area contributed by atoms with Gasteiger partial charge in [0.15, 0.2) is 0 Å². The largest absolute Gasteiger partial charge is 0.491 e. The van der Waals surface area contributed by atoms with Crippen LogP contribution >= 0.6 is 0 Å². The molecule has 0 aliphatic rings. The minimum absolute atomic E-state index is 0.0100. The van der Waals surface area contributed by atoms with Crippen LogP contribution in [0.3, 0.4) is 0 Å². The van der Waals surface area contributed by atoms with Crippen LogP contribution in [0.4, 0.5) is 13.2 Å². The predicted octanol–water partition coefficient (Wildman–Crippen LogP) is 3.05. The number of alkyl halides is 3. The van der Waals surface area contributed by atoms with Gasteiger partial charge in [-0.3, -0.25) is 0 Å². The Morgan fingerprint density at radius 3 is 2.32 bits per heavy atom. The fourth-order valence-corrected chi connectivity index (χ4v) is 1.45. The van der Waals surface area contributed by atoms with Gasteiger partial charge in [-0.1, -0.05) is 19.1 Å². The second-order valence-corrected chi connectivity index (χ2v) is 4.10. The molecule has 0 saturated heterocycles. The summed E-state index contributed by atoms with van der Waals surface area (Å²) < 4.78 is 45.0. The van der Waals surface area contributed by atoms with Crippen LogP contribution in [-0.4, -0.2) is 26.0 Å². The van der Waals surface area contributed by atoms with E-state index in [1.54, 1.807) is 12.1 Å². The number of benzene rings is 1. The van der Waals surface area contributed by atoms with Gasteiger partial charge in [0.2, 0.25) is 0 Å². The highest BCUT2D eigenvalue weighted by atomic mass is 19.4. The highest BCUT2D eigenvalue weighted by Gasteiger charge is 2.27. The Balaban J connectivity index is 2.27. The van der Waals surface area contributed by atoms with Gasteiger partial charge in [-0.15, -0.1) is 0 Å². The summed E-state index contributed by atoms with van der Waals surface area (Å²) in [6, 6.07) is 7.17. The van der Waals surface area contributed by atoms with Gasteiger partial charge in [0.1, 0.15) is 19.0 Å². The van der Waals surface area contributed by atoms with E-state index < -0.39 is 12.8 Å². The monoisotopic (exact) mass is 277 g/mol. The average Bonchev–Trinajstić information content (AvgIpc) is 2.37. The molecule has 1 aromatic rings. The molecule has 0 fully saturated rings. The van der Waals surface area contributed by atoms with Crippen LogP contribution in [0.5, 0.6) is 5.75 Å². The van der Waals surface area contributed by atoms with Crippen molar-refractivity contribution in [1.29, 1.82) is 0 Å². The number of rotatable bonds is 7. The van der Waals surface area contributed by atoms with Crippen molar-refractivity contribution in [2.45, 2.75) is 25.6 Å². The van der Waals surface area contributed by atoms with Crippen LogP contribution in [0.25, 0.3) is 0 Å². The third kappa shape index (κ3) is 6.45. The first-order chi connectivity index (χ1) is 8.92. The predicted molar refractivity (Wildman–Crippen MR) is 66.0 cm³/mol. The fourth-order valence-electron chi connectivity index (χ4n) is 1.45. The zero-order chi connectivity index (χ0) is 14.3. The lowest BCUT2D eigenvalue weighted by Gasteiger charge is -2.11. The van der Waals surface area contributed by atoms with E-state index in [1.807, 2.05) is 19.1 Å². The lowest BCUT2D eigenvalue weighted by atomic mass is 10.1. The lowest BCUT2D eigenvalue weighted by molar-refractivity contribution is -0.175. The minimum atomic E-state index is -4.29. The SMILES string of the molecule is CCC(N)c1ccc(OCCOCC(F)(F)F)cc1. The molecule has 0 bridgehead atoms. The Morgan fingerprint density at radius 2 is 1.79 bits per heavy atom. The lowest BCUT2D eigenvalue weighted by Crippen LogP contribution is -2.19. The van der Waals surface area contributed by atoms with Crippen LogP contribution in [0.2, 0.25) is 0 Å². The van der Waals surface area contributed by atoms with Crippen molar-refractivity contribution in [2.75, 3.05) is 19.8 Å². The topological polar surface area (TPSA) is 44.5 Å². The molecular weight excluding hydrogens is 259 g/mol. The highest BCUT2D eigenvalue weighted by Crippen LogP contribution is 2.18. The van der Waals surface area contributed by atoms with Crippen molar-refractivity contribution in [1.82, 2.24) is 0 Å². The van der Waals surface area contributed by atoms with Gasteiger partial charge in [-0.2, -0.15) is 13.2 Å². The maximum absolute atomic E-state index is 11.8. The van der Waals surface area contributed by atoms with Gasteiger partial charge in [-0.05, 0) is 24.1 Å². The summed E-state index contributed by atoms with van der Waals surface area (Å²) in [4.78, 5) is 0. The summed E-state index contributed by atoms with van der Waals surface area (Å²) in [6.45, 7) is 0.721. The third-order valence-corrected chi connectivity index (χ3v) is 2.51. The van der Waals surface area contributed by atoms with Crippen molar-refractivity contribution in [3.8, 4) is 5.75 Å². The van der Waals surface area contributed by atoms with E-state index in [1.165, 1.54) is 0 Å². The Hall–Kier alpha value is -1.27. The molecule has 0 radical (unpaired) electrons. The first-order valence-corrected chi connectivity index (χ1v) is 6.05. The third-order valence-electron chi connectivity index (χ3n) is 2.51. The van der Waals surface area contributed by atoms with E-state index >= 15 is 0 Å². The van der Waals surface area contributed by atoms with Crippen LogP contribution in [0.15, 0.2) is 24.3 Å². The summed E-state index contributed by atoms with van der Waals surface area (Å²) >= 11 is 0. The molecule has 19 heavy (non-hydrogen) atoms. The Bertz CT molecular complexity index is 365. The van der Waals surface area contributed by atoms with Crippen molar-refractivity contribution in [3.63, 3.8) is 0 Å². The van der Waals surface area contributed by atoms with Crippen molar-refractivity contribution in [2.24, 2.45) is 5.73 Å². The summed E-state index contributed by atoms with van der Waals surface area (Å²) in [7, 11) is 0. The molecule has 0 saturated carbocycles. The second-order valence-electron chi connectivity index (χ2n) is 4.10. The average molecular weight is 277 g/mol. The molecule has 0 aliphatic carbocycles. The van der Waals surface area contributed by atoms with E-state index in [0.717, 1.165) is 12.0 Å². The molecule has 0 aromatic heterocycles. The number of halogens is 3. The van der Waals surface area contributed by atoms with Crippen LogP contribution in [0, 0.1) is 0 Å². The quantitative estimate of drug-likeness (QED) is 0.779. The van der Waals surface area contributed by atoms with Crippen molar-refractivity contribution in [3.05, 3.63) is 29.8 Å². The van der Waals surface area contributed by atoms with E-state index in [0.29, 0.717) is 5.75 Å². The first kappa shape index (κ1) is 15.8. The molecule has 0 aliphatic heterocycles. The molecule has 3 nitrogen and oxygen atoms in total. The maximum Gasteiger partial charge on any atom is 0.411 e. The molecule has 6 heteroatoms. The number of ether oxygens (including phenoxy) is 2. The summed E-state index contributed by atoms with van der Waals surface area (Å²) in [5.74, 6) is 0.586.